The van der Waals surface area contributed by atoms with Crippen molar-refractivity contribution in [3.8, 4) is 0 Å². The Balaban J connectivity index is 3.04. The van der Waals surface area contributed by atoms with Gasteiger partial charge in [-0.3, -0.25) is 14.9 Å². The minimum absolute atomic E-state index is 0.821. The molecule has 0 N–H and O–H groups in total. The lowest BCUT2D eigenvalue weighted by atomic mass is 10.3. The maximum atomic E-state index is 5.02. The van der Waals surface area contributed by atoms with Gasteiger partial charge in [-0.15, -0.1) is 0 Å². The summed E-state index contributed by atoms with van der Waals surface area (Å²) >= 11 is 0. The van der Waals surface area contributed by atoms with E-state index in [1.807, 2.05) is 19.2 Å². The fraction of sp³-hybridized carbons (Fsp3) is 0.222. The normalized spacial score (nSPS) is 9.50. The first kappa shape index (κ1) is 8.74. The minimum atomic E-state index is 0.821. The van der Waals surface area contributed by atoms with Crippen molar-refractivity contribution in [2.24, 2.45) is 0 Å². The first-order chi connectivity index (χ1) is 5.79. The van der Waals surface area contributed by atoms with E-state index >= 15 is 0 Å². The van der Waals surface area contributed by atoms with Gasteiger partial charge in [0.15, 0.2) is 0 Å². The summed E-state index contributed by atoms with van der Waals surface area (Å²) in [6.45, 7) is 3.66. The van der Waals surface area contributed by atoms with Crippen LogP contribution in [0.25, 0.3) is 6.08 Å². The highest BCUT2D eigenvalue weighted by atomic mass is 16.7. The van der Waals surface area contributed by atoms with Crippen molar-refractivity contribution in [2.75, 3.05) is 19.2 Å². The fourth-order valence-corrected chi connectivity index (χ4v) is 0.931. The number of hydroxylamine groups is 1. The summed E-state index contributed by atoms with van der Waals surface area (Å²) in [5, 5.41) is 1.64. The molecule has 0 saturated heterocycles. The molecular formula is C9H12N2O. The number of anilines is 1. The largest absolute Gasteiger partial charge is 0.277 e. The molecule has 0 atom stereocenters. The Bertz CT molecular complexity index is 273. The van der Waals surface area contributed by atoms with Gasteiger partial charge < -0.3 is 0 Å². The van der Waals surface area contributed by atoms with Gasteiger partial charge in [-0.2, -0.15) is 0 Å². The highest BCUT2D eigenvalue weighted by Gasteiger charge is 2.03. The topological polar surface area (TPSA) is 25.4 Å². The standard InChI is InChI=1S/C9H12N2O/c1-4-8-9(11(2)12-3)6-5-7-10-8/h4-7H,1H2,2-3H3. The van der Waals surface area contributed by atoms with Gasteiger partial charge in [0, 0.05) is 13.2 Å². The molecule has 1 heterocycles. The zero-order chi connectivity index (χ0) is 8.97. The zero-order valence-electron chi connectivity index (χ0n) is 7.32. The molecule has 1 aromatic heterocycles. The van der Waals surface area contributed by atoms with Crippen molar-refractivity contribution in [2.45, 2.75) is 0 Å². The van der Waals surface area contributed by atoms with Gasteiger partial charge in [0.1, 0.15) is 0 Å². The Morgan fingerprint density at radius 1 is 1.67 bits per heavy atom. The van der Waals surface area contributed by atoms with Crippen LogP contribution >= 0.6 is 0 Å². The second kappa shape index (κ2) is 3.88. The smallest absolute Gasteiger partial charge is 0.0889 e. The lowest BCUT2D eigenvalue weighted by molar-refractivity contribution is 0.184. The van der Waals surface area contributed by atoms with Gasteiger partial charge >= 0.3 is 0 Å². The van der Waals surface area contributed by atoms with Crippen LogP contribution in [0.3, 0.4) is 0 Å². The number of pyridine rings is 1. The molecular weight excluding hydrogens is 152 g/mol. The lowest BCUT2D eigenvalue weighted by Crippen LogP contribution is -2.16. The quantitative estimate of drug-likeness (QED) is 0.636. The number of hydrogen-bond donors (Lipinski definition) is 0. The Hall–Kier alpha value is -1.35. The molecule has 0 spiro atoms. The Morgan fingerprint density at radius 3 is 3.00 bits per heavy atom. The van der Waals surface area contributed by atoms with Crippen molar-refractivity contribution < 1.29 is 4.84 Å². The Morgan fingerprint density at radius 2 is 2.42 bits per heavy atom. The van der Waals surface area contributed by atoms with E-state index in [0.29, 0.717) is 0 Å². The van der Waals surface area contributed by atoms with Crippen molar-refractivity contribution in [1.82, 2.24) is 4.98 Å². The predicted octanol–water partition coefficient (Wildman–Crippen LogP) is 1.72. The predicted molar refractivity (Wildman–Crippen MR) is 49.7 cm³/mol. The third-order valence-corrected chi connectivity index (χ3v) is 1.62. The molecule has 3 heteroatoms. The molecule has 0 fully saturated rings. The van der Waals surface area contributed by atoms with Crippen molar-refractivity contribution in [1.29, 1.82) is 0 Å². The molecule has 12 heavy (non-hydrogen) atoms. The van der Waals surface area contributed by atoms with Crippen molar-refractivity contribution in [3.05, 3.63) is 30.6 Å². The van der Waals surface area contributed by atoms with Crippen LogP contribution in [0, 0.1) is 0 Å². The summed E-state index contributed by atoms with van der Waals surface area (Å²) in [6.07, 6.45) is 3.43. The van der Waals surface area contributed by atoms with Gasteiger partial charge in [0.05, 0.1) is 18.5 Å². The second-order valence-corrected chi connectivity index (χ2v) is 2.29. The lowest BCUT2D eigenvalue weighted by Gasteiger charge is -2.16. The maximum Gasteiger partial charge on any atom is 0.0889 e. The fourth-order valence-electron chi connectivity index (χ4n) is 0.931. The molecule has 64 valence electrons. The summed E-state index contributed by atoms with van der Waals surface area (Å²) in [4.78, 5) is 9.15. The van der Waals surface area contributed by atoms with Crippen LogP contribution in [0.1, 0.15) is 5.69 Å². The molecule has 1 aromatic rings. The van der Waals surface area contributed by atoms with E-state index in [4.69, 9.17) is 4.84 Å². The van der Waals surface area contributed by atoms with E-state index in [1.54, 1.807) is 24.4 Å². The molecule has 0 bridgehead atoms. The zero-order valence-corrected chi connectivity index (χ0v) is 7.32. The highest BCUT2D eigenvalue weighted by molar-refractivity contribution is 5.61. The summed E-state index contributed by atoms with van der Waals surface area (Å²) < 4.78 is 0. The number of hydrogen-bond acceptors (Lipinski definition) is 3. The number of nitrogens with zero attached hydrogens (tertiary/aromatic N) is 2. The molecule has 0 aliphatic carbocycles. The maximum absolute atomic E-state index is 5.02. The van der Waals surface area contributed by atoms with Crippen LogP contribution in [0.2, 0.25) is 0 Å². The minimum Gasteiger partial charge on any atom is -0.277 e. The molecule has 0 saturated carbocycles. The number of rotatable bonds is 3. The van der Waals surface area contributed by atoms with Crippen LogP contribution < -0.4 is 5.06 Å². The molecule has 0 unspecified atom stereocenters. The van der Waals surface area contributed by atoms with Gasteiger partial charge in [-0.25, -0.2) is 0 Å². The highest BCUT2D eigenvalue weighted by Crippen LogP contribution is 2.16. The van der Waals surface area contributed by atoms with Crippen LogP contribution in [0.15, 0.2) is 24.9 Å². The monoisotopic (exact) mass is 164 g/mol. The molecule has 0 aliphatic rings. The number of aromatic nitrogens is 1. The Labute approximate surface area is 72.2 Å². The van der Waals surface area contributed by atoms with E-state index in [9.17, 15) is 0 Å². The average Bonchev–Trinajstić information content (AvgIpc) is 2.16. The van der Waals surface area contributed by atoms with Crippen LogP contribution in [-0.2, 0) is 4.84 Å². The van der Waals surface area contributed by atoms with Gasteiger partial charge in [-0.05, 0) is 18.2 Å². The Kier molecular flexibility index (Phi) is 2.82. The summed E-state index contributed by atoms with van der Waals surface area (Å²) in [5.41, 5.74) is 1.73. The molecule has 1 rings (SSSR count). The van der Waals surface area contributed by atoms with Gasteiger partial charge in [0.25, 0.3) is 0 Å². The molecule has 3 nitrogen and oxygen atoms in total. The molecule has 0 radical (unpaired) electrons. The van der Waals surface area contributed by atoms with E-state index in [2.05, 4.69) is 11.6 Å². The first-order valence-electron chi connectivity index (χ1n) is 3.65. The molecule has 0 aliphatic heterocycles. The van der Waals surface area contributed by atoms with Crippen LogP contribution in [0.5, 0.6) is 0 Å². The summed E-state index contributed by atoms with van der Waals surface area (Å²) in [7, 11) is 3.43. The van der Waals surface area contributed by atoms with Gasteiger partial charge in [0.2, 0.25) is 0 Å². The molecule has 0 amide bonds. The average molecular weight is 164 g/mol. The summed E-state index contributed by atoms with van der Waals surface area (Å²) in [5.74, 6) is 0. The van der Waals surface area contributed by atoms with Crippen molar-refractivity contribution >= 4 is 11.8 Å². The summed E-state index contributed by atoms with van der Waals surface area (Å²) in [6, 6.07) is 3.78. The SMILES string of the molecule is C=Cc1ncccc1N(C)OC. The van der Waals surface area contributed by atoms with E-state index in [0.717, 1.165) is 11.4 Å². The molecule has 0 aromatic carbocycles. The van der Waals surface area contributed by atoms with Crippen molar-refractivity contribution in [3.63, 3.8) is 0 Å². The first-order valence-corrected chi connectivity index (χ1v) is 3.65. The van der Waals surface area contributed by atoms with Gasteiger partial charge in [-0.1, -0.05) is 6.58 Å². The van der Waals surface area contributed by atoms with Crippen LogP contribution in [-0.4, -0.2) is 19.1 Å². The third-order valence-electron chi connectivity index (χ3n) is 1.62. The van der Waals surface area contributed by atoms with E-state index in [-0.39, 0.29) is 0 Å². The van der Waals surface area contributed by atoms with E-state index in [1.165, 1.54) is 0 Å². The second-order valence-electron chi connectivity index (χ2n) is 2.29. The van der Waals surface area contributed by atoms with Crippen LogP contribution in [0.4, 0.5) is 5.69 Å². The van der Waals surface area contributed by atoms with E-state index < -0.39 is 0 Å². The third kappa shape index (κ3) is 1.62.